The highest BCUT2D eigenvalue weighted by atomic mass is 35.5. The van der Waals surface area contributed by atoms with E-state index in [2.05, 4.69) is 49.8 Å². The molecule has 2 N–H and O–H groups in total. The Balaban J connectivity index is 1.79. The van der Waals surface area contributed by atoms with Gasteiger partial charge in [-0.3, -0.25) is 9.69 Å². The third kappa shape index (κ3) is 6.82. The molecule has 150 valence electrons. The van der Waals surface area contributed by atoms with Crippen molar-refractivity contribution in [2.45, 2.75) is 52.1 Å². The SMILES string of the molecule is C=C(NC(C)(C)C)C(C)N1CCC(CNC(=O)c2cc(F)cc(Cl)c2)CC1. The van der Waals surface area contributed by atoms with E-state index < -0.39 is 5.82 Å². The number of halogens is 2. The molecular weight excluding hydrogens is 365 g/mol. The monoisotopic (exact) mass is 395 g/mol. The van der Waals surface area contributed by atoms with Gasteiger partial charge in [-0.25, -0.2) is 4.39 Å². The molecule has 0 aliphatic carbocycles. The Kier molecular flexibility index (Phi) is 7.29. The molecule has 1 saturated heterocycles. The molecule has 1 heterocycles. The number of benzene rings is 1. The predicted molar refractivity (Wildman–Crippen MR) is 110 cm³/mol. The summed E-state index contributed by atoms with van der Waals surface area (Å²) in [7, 11) is 0. The van der Waals surface area contributed by atoms with Gasteiger partial charge in [-0.2, -0.15) is 0 Å². The third-order valence-corrected chi connectivity index (χ3v) is 5.13. The second-order valence-electron chi connectivity index (χ2n) is 8.42. The molecule has 1 atom stereocenters. The van der Waals surface area contributed by atoms with E-state index in [0.29, 0.717) is 12.5 Å². The largest absolute Gasteiger partial charge is 0.383 e. The van der Waals surface area contributed by atoms with Crippen molar-refractivity contribution in [1.82, 2.24) is 15.5 Å². The fraction of sp³-hybridized carbons (Fsp3) is 0.571. The minimum absolute atomic E-state index is 0.00769. The average molecular weight is 396 g/mol. The molecule has 1 fully saturated rings. The van der Waals surface area contributed by atoms with Gasteiger partial charge in [0.05, 0.1) is 0 Å². The third-order valence-electron chi connectivity index (χ3n) is 4.91. The zero-order chi connectivity index (χ0) is 20.2. The van der Waals surface area contributed by atoms with Crippen molar-refractivity contribution in [3.63, 3.8) is 0 Å². The lowest BCUT2D eigenvalue weighted by Crippen LogP contribution is -2.47. The number of rotatable bonds is 6. The highest BCUT2D eigenvalue weighted by molar-refractivity contribution is 6.31. The Bertz CT molecular complexity index is 658. The molecule has 2 rings (SSSR count). The number of nitrogens with zero attached hydrogens (tertiary/aromatic N) is 1. The van der Waals surface area contributed by atoms with E-state index in [1.807, 2.05) is 0 Å². The van der Waals surface area contributed by atoms with Gasteiger partial charge in [-0.15, -0.1) is 0 Å². The van der Waals surface area contributed by atoms with Crippen molar-refractivity contribution >= 4 is 17.5 Å². The Morgan fingerprint density at radius 3 is 2.52 bits per heavy atom. The number of amides is 1. The minimum atomic E-state index is -0.501. The van der Waals surface area contributed by atoms with Crippen molar-refractivity contribution in [3.8, 4) is 0 Å². The van der Waals surface area contributed by atoms with Crippen LogP contribution < -0.4 is 10.6 Å². The standard InChI is InChI=1S/C21H31ClFN3O/c1-14(25-21(3,4)5)15(2)26-8-6-16(7-9-26)13-24-20(27)17-10-18(22)12-19(23)11-17/h10-12,15-16,25H,1,6-9,13H2,2-5H3,(H,24,27). The van der Waals surface area contributed by atoms with E-state index in [1.165, 1.54) is 18.2 Å². The van der Waals surface area contributed by atoms with Crippen molar-refractivity contribution in [3.05, 3.63) is 46.9 Å². The van der Waals surface area contributed by atoms with Crippen LogP contribution in [0.4, 0.5) is 4.39 Å². The second kappa shape index (κ2) is 9.07. The smallest absolute Gasteiger partial charge is 0.251 e. The molecule has 4 nitrogen and oxygen atoms in total. The first-order valence-electron chi connectivity index (χ1n) is 9.50. The number of piperidine rings is 1. The number of carbonyl (C=O) groups excluding carboxylic acids is 1. The van der Waals surface area contributed by atoms with Crippen LogP contribution in [-0.2, 0) is 0 Å². The van der Waals surface area contributed by atoms with Gasteiger partial charge in [0.15, 0.2) is 0 Å². The fourth-order valence-corrected chi connectivity index (χ4v) is 3.60. The topological polar surface area (TPSA) is 44.4 Å². The molecule has 0 saturated carbocycles. The molecule has 1 aliphatic rings. The molecule has 0 aromatic heterocycles. The number of likely N-dealkylation sites (tertiary alicyclic amines) is 1. The van der Waals surface area contributed by atoms with Crippen LogP contribution in [0.15, 0.2) is 30.5 Å². The number of hydrogen-bond donors (Lipinski definition) is 2. The fourth-order valence-electron chi connectivity index (χ4n) is 3.37. The Hall–Kier alpha value is -1.59. The lowest BCUT2D eigenvalue weighted by atomic mass is 9.95. The molecule has 1 aromatic rings. The molecule has 27 heavy (non-hydrogen) atoms. The summed E-state index contributed by atoms with van der Waals surface area (Å²) >= 11 is 5.82. The highest BCUT2D eigenvalue weighted by Crippen LogP contribution is 2.21. The average Bonchev–Trinajstić information content (AvgIpc) is 2.57. The first kappa shape index (κ1) is 21.7. The maximum absolute atomic E-state index is 13.4. The van der Waals surface area contributed by atoms with Gasteiger partial charge in [0.25, 0.3) is 5.91 Å². The van der Waals surface area contributed by atoms with Crippen LogP contribution in [0.2, 0.25) is 5.02 Å². The molecular formula is C21H31ClFN3O. The second-order valence-corrected chi connectivity index (χ2v) is 8.86. The maximum atomic E-state index is 13.4. The van der Waals surface area contributed by atoms with E-state index in [0.717, 1.165) is 31.6 Å². The summed E-state index contributed by atoms with van der Waals surface area (Å²) in [4.78, 5) is 14.6. The summed E-state index contributed by atoms with van der Waals surface area (Å²) in [5, 5.41) is 6.60. The van der Waals surface area contributed by atoms with Crippen LogP contribution in [0.1, 0.15) is 50.9 Å². The summed E-state index contributed by atoms with van der Waals surface area (Å²) in [5.74, 6) is -0.362. The van der Waals surface area contributed by atoms with Gasteiger partial charge >= 0.3 is 0 Å². The van der Waals surface area contributed by atoms with E-state index in [4.69, 9.17) is 11.6 Å². The normalized spacial score (nSPS) is 17.4. The summed E-state index contributed by atoms with van der Waals surface area (Å²) in [6.45, 7) is 15.3. The zero-order valence-electron chi connectivity index (χ0n) is 16.7. The molecule has 1 aromatic carbocycles. The highest BCUT2D eigenvalue weighted by Gasteiger charge is 2.25. The van der Waals surface area contributed by atoms with Crippen LogP contribution in [0.3, 0.4) is 0 Å². The van der Waals surface area contributed by atoms with Crippen LogP contribution in [0, 0.1) is 11.7 Å². The molecule has 6 heteroatoms. The lowest BCUT2D eigenvalue weighted by molar-refractivity contribution is 0.0930. The quantitative estimate of drug-likeness (QED) is 0.758. The summed E-state index contributed by atoms with van der Waals surface area (Å²) in [6, 6.07) is 4.16. The van der Waals surface area contributed by atoms with Gasteiger partial charge < -0.3 is 10.6 Å². The summed E-state index contributed by atoms with van der Waals surface area (Å²) in [6.07, 6.45) is 2.02. The lowest BCUT2D eigenvalue weighted by Gasteiger charge is -2.38. The maximum Gasteiger partial charge on any atom is 0.251 e. The molecule has 1 unspecified atom stereocenters. The van der Waals surface area contributed by atoms with Crippen molar-refractivity contribution in [2.24, 2.45) is 5.92 Å². The zero-order valence-corrected chi connectivity index (χ0v) is 17.5. The van der Waals surface area contributed by atoms with Crippen LogP contribution in [0.25, 0.3) is 0 Å². The van der Waals surface area contributed by atoms with E-state index in [9.17, 15) is 9.18 Å². The van der Waals surface area contributed by atoms with Gasteiger partial charge in [-0.05, 0) is 77.7 Å². The van der Waals surface area contributed by atoms with Gasteiger partial charge in [0.2, 0.25) is 0 Å². The molecule has 1 aliphatic heterocycles. The van der Waals surface area contributed by atoms with Gasteiger partial charge in [0.1, 0.15) is 5.82 Å². The van der Waals surface area contributed by atoms with Crippen LogP contribution in [0.5, 0.6) is 0 Å². The minimum Gasteiger partial charge on any atom is -0.383 e. The Morgan fingerprint density at radius 1 is 1.33 bits per heavy atom. The first-order chi connectivity index (χ1) is 12.5. The van der Waals surface area contributed by atoms with E-state index in [-0.39, 0.29) is 28.1 Å². The van der Waals surface area contributed by atoms with E-state index in [1.54, 1.807) is 0 Å². The van der Waals surface area contributed by atoms with E-state index >= 15 is 0 Å². The van der Waals surface area contributed by atoms with Gasteiger partial charge in [0, 0.05) is 34.4 Å². The Morgan fingerprint density at radius 2 is 1.96 bits per heavy atom. The number of hydrogen-bond acceptors (Lipinski definition) is 3. The number of nitrogens with one attached hydrogen (secondary N) is 2. The molecule has 0 radical (unpaired) electrons. The van der Waals surface area contributed by atoms with Crippen molar-refractivity contribution < 1.29 is 9.18 Å². The van der Waals surface area contributed by atoms with Crippen LogP contribution in [-0.4, -0.2) is 42.0 Å². The summed E-state index contributed by atoms with van der Waals surface area (Å²) < 4.78 is 13.4. The van der Waals surface area contributed by atoms with Crippen molar-refractivity contribution in [2.75, 3.05) is 19.6 Å². The number of carbonyl (C=O) groups is 1. The predicted octanol–water partition coefficient (Wildman–Crippen LogP) is 4.21. The molecule has 1 amide bonds. The molecule has 0 spiro atoms. The van der Waals surface area contributed by atoms with Crippen LogP contribution >= 0.6 is 11.6 Å². The first-order valence-corrected chi connectivity index (χ1v) is 9.88. The Labute approximate surface area is 167 Å². The van der Waals surface area contributed by atoms with Gasteiger partial charge in [-0.1, -0.05) is 18.2 Å². The molecule has 0 bridgehead atoms. The summed E-state index contributed by atoms with van der Waals surface area (Å²) in [5.41, 5.74) is 1.31. The van der Waals surface area contributed by atoms with Crippen molar-refractivity contribution in [1.29, 1.82) is 0 Å².